The van der Waals surface area contributed by atoms with Crippen LogP contribution in [0.4, 0.5) is 5.69 Å². The van der Waals surface area contributed by atoms with Gasteiger partial charge in [0.1, 0.15) is 11.8 Å². The molecule has 0 radical (unpaired) electrons. The summed E-state index contributed by atoms with van der Waals surface area (Å²) in [7, 11) is 0. The van der Waals surface area contributed by atoms with Crippen LogP contribution in [0.15, 0.2) is 84.2 Å². The molecule has 1 aliphatic rings. The lowest BCUT2D eigenvalue weighted by Crippen LogP contribution is -2.40. The van der Waals surface area contributed by atoms with Gasteiger partial charge in [-0.15, -0.1) is 0 Å². The number of aryl methyl sites for hydroxylation is 1. The van der Waals surface area contributed by atoms with Crippen molar-refractivity contribution in [2.24, 2.45) is 10.8 Å². The minimum absolute atomic E-state index is 0.167. The van der Waals surface area contributed by atoms with Crippen molar-refractivity contribution in [3.8, 4) is 0 Å². The van der Waals surface area contributed by atoms with Crippen LogP contribution in [0.3, 0.4) is 0 Å². The van der Waals surface area contributed by atoms with E-state index in [0.29, 0.717) is 18.8 Å². The van der Waals surface area contributed by atoms with Crippen molar-refractivity contribution in [1.29, 1.82) is 0 Å². The highest BCUT2D eigenvalue weighted by atomic mass is 16.2. The average Bonchev–Trinajstić information content (AvgIpc) is 3.27. The lowest BCUT2D eigenvalue weighted by atomic mass is 10.1. The number of primary amides is 1. The summed E-state index contributed by atoms with van der Waals surface area (Å²) in [5.74, 6) is -0.736. The number of carbonyl (C=O) groups is 2. The first-order chi connectivity index (χ1) is 15.5. The third-order valence-corrected chi connectivity index (χ3v) is 5.51. The van der Waals surface area contributed by atoms with E-state index >= 15 is 0 Å². The van der Waals surface area contributed by atoms with Gasteiger partial charge in [-0.25, -0.2) is 0 Å². The second kappa shape index (κ2) is 9.43. The van der Waals surface area contributed by atoms with E-state index in [4.69, 9.17) is 5.73 Å². The van der Waals surface area contributed by atoms with Gasteiger partial charge in [0, 0.05) is 31.9 Å². The van der Waals surface area contributed by atoms with Crippen molar-refractivity contribution in [1.82, 2.24) is 9.88 Å². The summed E-state index contributed by atoms with van der Waals surface area (Å²) < 4.78 is 0. The van der Waals surface area contributed by atoms with Crippen molar-refractivity contribution in [2.75, 3.05) is 5.01 Å². The molecular formula is C25H25N5O2. The van der Waals surface area contributed by atoms with Crippen LogP contribution in [0.25, 0.3) is 0 Å². The molecule has 2 amide bonds. The van der Waals surface area contributed by atoms with Crippen molar-refractivity contribution in [3.05, 3.63) is 95.8 Å². The maximum atomic E-state index is 13.6. The van der Waals surface area contributed by atoms with E-state index in [9.17, 15) is 9.59 Å². The first-order valence-corrected chi connectivity index (χ1v) is 10.5. The fourth-order valence-corrected chi connectivity index (χ4v) is 3.77. The Morgan fingerprint density at radius 1 is 1.03 bits per heavy atom. The number of hydrogen-bond donors (Lipinski definition) is 1. The van der Waals surface area contributed by atoms with Crippen LogP contribution in [-0.4, -0.2) is 33.5 Å². The third-order valence-electron chi connectivity index (χ3n) is 5.51. The maximum Gasteiger partial charge on any atom is 0.270 e. The molecule has 32 heavy (non-hydrogen) atoms. The molecule has 0 spiro atoms. The molecule has 0 aliphatic carbocycles. The van der Waals surface area contributed by atoms with E-state index < -0.39 is 11.9 Å². The number of hydrogen-bond acceptors (Lipinski definition) is 5. The van der Waals surface area contributed by atoms with Gasteiger partial charge in [0.2, 0.25) is 5.91 Å². The van der Waals surface area contributed by atoms with Crippen LogP contribution < -0.4 is 10.7 Å². The molecular weight excluding hydrogens is 402 g/mol. The predicted molar refractivity (Wildman–Crippen MR) is 124 cm³/mol. The van der Waals surface area contributed by atoms with E-state index in [-0.39, 0.29) is 12.3 Å². The molecule has 0 fully saturated rings. The minimum Gasteiger partial charge on any atom is -0.368 e. The summed E-state index contributed by atoms with van der Waals surface area (Å²) >= 11 is 0. The largest absolute Gasteiger partial charge is 0.368 e. The van der Waals surface area contributed by atoms with Gasteiger partial charge in [0.15, 0.2) is 0 Å². The van der Waals surface area contributed by atoms with Gasteiger partial charge in [0.25, 0.3) is 5.91 Å². The van der Waals surface area contributed by atoms with Crippen LogP contribution in [0.2, 0.25) is 0 Å². The number of rotatable bonds is 7. The molecule has 0 saturated carbocycles. The number of amides is 2. The summed E-state index contributed by atoms with van der Waals surface area (Å²) in [4.78, 5) is 31.6. The molecule has 162 valence electrons. The van der Waals surface area contributed by atoms with Crippen molar-refractivity contribution >= 4 is 23.2 Å². The minimum atomic E-state index is -0.699. The van der Waals surface area contributed by atoms with Gasteiger partial charge >= 0.3 is 0 Å². The van der Waals surface area contributed by atoms with Crippen LogP contribution in [0.5, 0.6) is 0 Å². The highest BCUT2D eigenvalue weighted by molar-refractivity contribution is 6.40. The number of anilines is 1. The summed E-state index contributed by atoms with van der Waals surface area (Å²) in [5.41, 5.74) is 9.75. The maximum absolute atomic E-state index is 13.6. The highest BCUT2D eigenvalue weighted by Gasteiger charge is 2.36. The normalized spacial score (nSPS) is 15.3. The quantitative estimate of drug-likeness (QED) is 0.627. The second-order valence-corrected chi connectivity index (χ2v) is 7.80. The average molecular weight is 428 g/mol. The van der Waals surface area contributed by atoms with Gasteiger partial charge in [-0.2, -0.15) is 5.10 Å². The Labute approximate surface area is 187 Å². The molecule has 7 heteroatoms. The zero-order chi connectivity index (χ0) is 22.5. The van der Waals surface area contributed by atoms with Crippen molar-refractivity contribution < 1.29 is 9.59 Å². The Hall–Kier alpha value is -4.00. The predicted octanol–water partition coefficient (Wildman–Crippen LogP) is 3.04. The number of para-hydroxylation sites is 1. The SMILES string of the molecule is Cc1ccccc1CN(Cc1cccnc1)C(=O)C1=NN(c2ccccc2)C(C(N)=O)C1. The van der Waals surface area contributed by atoms with Crippen molar-refractivity contribution in [2.45, 2.75) is 32.5 Å². The fourth-order valence-electron chi connectivity index (χ4n) is 3.77. The molecule has 1 aromatic heterocycles. The molecule has 2 aromatic carbocycles. The van der Waals surface area contributed by atoms with E-state index in [1.807, 2.05) is 73.7 Å². The number of carbonyl (C=O) groups excluding carboxylic acids is 2. The molecule has 2 N–H and O–H groups in total. The second-order valence-electron chi connectivity index (χ2n) is 7.80. The summed E-state index contributed by atoms with van der Waals surface area (Å²) in [5, 5.41) is 6.08. The summed E-state index contributed by atoms with van der Waals surface area (Å²) in [6.07, 6.45) is 3.62. The Kier molecular flexibility index (Phi) is 6.26. The first-order valence-electron chi connectivity index (χ1n) is 10.5. The van der Waals surface area contributed by atoms with E-state index in [1.54, 1.807) is 22.3 Å². The van der Waals surface area contributed by atoms with Crippen LogP contribution >= 0.6 is 0 Å². The van der Waals surface area contributed by atoms with Crippen LogP contribution in [0, 0.1) is 6.92 Å². The van der Waals surface area contributed by atoms with Crippen molar-refractivity contribution in [3.63, 3.8) is 0 Å². The summed E-state index contributed by atoms with van der Waals surface area (Å²) in [6.45, 7) is 2.83. The fraction of sp³-hybridized carbons (Fsp3) is 0.200. The molecule has 7 nitrogen and oxygen atoms in total. The van der Waals surface area contributed by atoms with E-state index in [0.717, 1.165) is 22.4 Å². The Morgan fingerprint density at radius 3 is 2.47 bits per heavy atom. The van der Waals surface area contributed by atoms with Crippen LogP contribution in [0.1, 0.15) is 23.1 Å². The van der Waals surface area contributed by atoms with E-state index in [2.05, 4.69) is 10.1 Å². The lowest BCUT2D eigenvalue weighted by molar-refractivity contribution is -0.125. The Morgan fingerprint density at radius 2 is 1.78 bits per heavy atom. The molecule has 0 saturated heterocycles. The number of nitrogens with two attached hydrogens (primary N) is 1. The molecule has 1 atom stereocenters. The number of nitrogens with zero attached hydrogens (tertiary/aromatic N) is 4. The highest BCUT2D eigenvalue weighted by Crippen LogP contribution is 2.25. The molecule has 3 aromatic rings. The van der Waals surface area contributed by atoms with Gasteiger partial charge in [0.05, 0.1) is 5.69 Å². The molecule has 4 rings (SSSR count). The van der Waals surface area contributed by atoms with Gasteiger partial charge in [-0.05, 0) is 41.8 Å². The Balaban J connectivity index is 1.65. The van der Waals surface area contributed by atoms with Gasteiger partial charge < -0.3 is 10.6 Å². The Bertz CT molecular complexity index is 1130. The van der Waals surface area contributed by atoms with Gasteiger partial charge in [-0.3, -0.25) is 19.6 Å². The standard InChI is InChI=1S/C25H25N5O2/c1-18-8-5-6-10-20(18)17-29(16-19-9-7-13-27-15-19)25(32)22-14-23(24(26)31)30(28-22)21-11-3-2-4-12-21/h2-13,15,23H,14,16-17H2,1H3,(H2,26,31). The molecule has 0 bridgehead atoms. The van der Waals surface area contributed by atoms with Crippen LogP contribution in [-0.2, 0) is 22.7 Å². The monoisotopic (exact) mass is 427 g/mol. The number of pyridine rings is 1. The number of benzene rings is 2. The summed E-state index contributed by atoms with van der Waals surface area (Å²) in [6, 6.07) is 20.3. The smallest absolute Gasteiger partial charge is 0.270 e. The number of aromatic nitrogens is 1. The lowest BCUT2D eigenvalue weighted by Gasteiger charge is -2.23. The third kappa shape index (κ3) is 4.67. The van der Waals surface area contributed by atoms with E-state index in [1.165, 1.54) is 0 Å². The first kappa shape index (κ1) is 21.2. The molecule has 2 heterocycles. The molecule has 1 unspecified atom stereocenters. The topological polar surface area (TPSA) is 91.9 Å². The number of hydrazone groups is 1. The zero-order valence-electron chi connectivity index (χ0n) is 17.9. The zero-order valence-corrected chi connectivity index (χ0v) is 17.9. The van der Waals surface area contributed by atoms with Gasteiger partial charge in [-0.1, -0.05) is 48.5 Å². The molecule has 1 aliphatic heterocycles.